The number of likely N-dealkylation sites (tertiary alicyclic amines) is 1. The maximum Gasteiger partial charge on any atom is 0.222 e. The van der Waals surface area contributed by atoms with Crippen LogP contribution in [-0.4, -0.2) is 39.2 Å². The van der Waals surface area contributed by atoms with Crippen LogP contribution in [0.2, 0.25) is 0 Å². The highest BCUT2D eigenvalue weighted by Gasteiger charge is 2.35. The largest absolute Gasteiger partial charge is 0.370 e. The van der Waals surface area contributed by atoms with Crippen molar-refractivity contribution in [1.82, 2.24) is 19.7 Å². The average Bonchev–Trinajstić information content (AvgIpc) is 3.02. The average molecular weight is 338 g/mol. The molecule has 0 saturated carbocycles. The minimum atomic E-state index is 0.00179. The summed E-state index contributed by atoms with van der Waals surface area (Å²) in [5, 5.41) is 16.6. The van der Waals surface area contributed by atoms with Gasteiger partial charge in [0.2, 0.25) is 5.91 Å². The lowest BCUT2D eigenvalue weighted by Gasteiger charge is -2.38. The minimum absolute atomic E-state index is 0.00179. The molecular formula is C18H22N6O. The summed E-state index contributed by atoms with van der Waals surface area (Å²) < 4.78 is 1.76. The quantitative estimate of drug-likeness (QED) is 0.921. The Bertz CT molecular complexity index is 821. The molecule has 0 unspecified atom stereocenters. The van der Waals surface area contributed by atoms with E-state index in [0.29, 0.717) is 24.2 Å². The van der Waals surface area contributed by atoms with E-state index in [1.54, 1.807) is 10.7 Å². The summed E-state index contributed by atoms with van der Waals surface area (Å²) in [7, 11) is 3.74. The molecule has 1 fully saturated rings. The van der Waals surface area contributed by atoms with Gasteiger partial charge in [-0.3, -0.25) is 9.48 Å². The number of aryl methyl sites for hydroxylation is 2. The summed E-state index contributed by atoms with van der Waals surface area (Å²) in [6, 6.07) is 5.73. The lowest BCUT2D eigenvalue weighted by Crippen LogP contribution is -2.42. The maximum absolute atomic E-state index is 12.2. The number of hydrogen-bond donors (Lipinski definition) is 1. The molecule has 0 aromatic carbocycles. The standard InChI is InChI=1S/C18H22N6O/c1-12-13(8-19)4-6-16(22-12)20-9-14-5-7-17(25)24(3)18(14)15-10-21-23(2)11-15/h4,6,10-11,14,18H,5,7,9H2,1-3H3,(H,20,22)/t14-,18+/m1/s1. The predicted molar refractivity (Wildman–Crippen MR) is 93.6 cm³/mol. The smallest absolute Gasteiger partial charge is 0.222 e. The van der Waals surface area contributed by atoms with Gasteiger partial charge in [-0.1, -0.05) is 0 Å². The Morgan fingerprint density at radius 3 is 2.84 bits per heavy atom. The van der Waals surface area contributed by atoms with Crippen molar-refractivity contribution in [1.29, 1.82) is 5.26 Å². The first-order chi connectivity index (χ1) is 12.0. The van der Waals surface area contributed by atoms with Crippen molar-refractivity contribution in [3.63, 3.8) is 0 Å². The second-order valence-corrected chi connectivity index (χ2v) is 6.52. The van der Waals surface area contributed by atoms with Gasteiger partial charge < -0.3 is 10.2 Å². The molecular weight excluding hydrogens is 316 g/mol. The molecule has 2 aromatic heterocycles. The third kappa shape index (κ3) is 3.48. The fourth-order valence-electron chi connectivity index (χ4n) is 3.43. The molecule has 1 aliphatic heterocycles. The highest BCUT2D eigenvalue weighted by atomic mass is 16.2. The van der Waals surface area contributed by atoms with Gasteiger partial charge in [-0.2, -0.15) is 10.4 Å². The van der Waals surface area contributed by atoms with Crippen LogP contribution in [0.1, 0.15) is 35.7 Å². The van der Waals surface area contributed by atoms with Crippen LogP contribution in [0.3, 0.4) is 0 Å². The van der Waals surface area contributed by atoms with Crippen LogP contribution in [0.4, 0.5) is 5.82 Å². The van der Waals surface area contributed by atoms with Crippen LogP contribution in [0, 0.1) is 24.2 Å². The van der Waals surface area contributed by atoms with E-state index in [1.165, 1.54) is 0 Å². The van der Waals surface area contributed by atoms with Crippen LogP contribution in [0.25, 0.3) is 0 Å². The van der Waals surface area contributed by atoms with Gasteiger partial charge in [0.05, 0.1) is 23.5 Å². The third-order valence-electron chi connectivity index (χ3n) is 4.80. The number of anilines is 1. The van der Waals surface area contributed by atoms with Crippen molar-refractivity contribution < 1.29 is 4.79 Å². The SMILES string of the molecule is Cc1nc(NC[C@H]2CCC(=O)N(C)[C@@H]2c2cnn(C)c2)ccc1C#N. The van der Waals surface area contributed by atoms with Gasteiger partial charge in [0.15, 0.2) is 0 Å². The Morgan fingerprint density at radius 2 is 2.20 bits per heavy atom. The fraction of sp³-hybridized carbons (Fsp3) is 0.444. The van der Waals surface area contributed by atoms with E-state index in [2.05, 4.69) is 21.5 Å². The van der Waals surface area contributed by atoms with Crippen molar-refractivity contribution in [3.8, 4) is 6.07 Å². The summed E-state index contributed by atoms with van der Waals surface area (Å²) >= 11 is 0. The Hall–Kier alpha value is -2.88. The highest BCUT2D eigenvalue weighted by Crippen LogP contribution is 2.35. The second-order valence-electron chi connectivity index (χ2n) is 6.52. The van der Waals surface area contributed by atoms with E-state index >= 15 is 0 Å². The van der Waals surface area contributed by atoms with Gasteiger partial charge in [-0.05, 0) is 25.5 Å². The number of aromatic nitrogens is 3. The lowest BCUT2D eigenvalue weighted by molar-refractivity contribution is -0.136. The monoisotopic (exact) mass is 338 g/mol. The first kappa shape index (κ1) is 17.0. The van der Waals surface area contributed by atoms with E-state index in [1.807, 2.05) is 44.4 Å². The molecule has 7 nitrogen and oxygen atoms in total. The van der Waals surface area contributed by atoms with Crippen LogP contribution in [0.15, 0.2) is 24.5 Å². The maximum atomic E-state index is 12.2. The van der Waals surface area contributed by atoms with E-state index in [-0.39, 0.29) is 17.9 Å². The predicted octanol–water partition coefficient (Wildman–Crippen LogP) is 2.02. The molecule has 2 aromatic rings. The number of nitrogens with one attached hydrogen (secondary N) is 1. The minimum Gasteiger partial charge on any atom is -0.370 e. The van der Waals surface area contributed by atoms with Gasteiger partial charge in [0.1, 0.15) is 11.9 Å². The van der Waals surface area contributed by atoms with E-state index in [0.717, 1.165) is 17.8 Å². The highest BCUT2D eigenvalue weighted by molar-refractivity contribution is 5.77. The Labute approximate surface area is 147 Å². The molecule has 0 radical (unpaired) electrons. The van der Waals surface area contributed by atoms with E-state index in [9.17, 15) is 4.79 Å². The zero-order chi connectivity index (χ0) is 18.0. The molecule has 7 heteroatoms. The number of amides is 1. The fourth-order valence-corrected chi connectivity index (χ4v) is 3.43. The summed E-state index contributed by atoms with van der Waals surface area (Å²) in [5.41, 5.74) is 2.35. The van der Waals surface area contributed by atoms with Crippen molar-refractivity contribution in [3.05, 3.63) is 41.3 Å². The summed E-state index contributed by atoms with van der Waals surface area (Å²) in [5.74, 6) is 1.18. The van der Waals surface area contributed by atoms with Gasteiger partial charge in [-0.25, -0.2) is 4.98 Å². The molecule has 1 N–H and O–H groups in total. The van der Waals surface area contributed by atoms with Crippen LogP contribution >= 0.6 is 0 Å². The molecule has 130 valence electrons. The van der Waals surface area contributed by atoms with Crippen molar-refractivity contribution in [2.45, 2.75) is 25.8 Å². The first-order valence-electron chi connectivity index (χ1n) is 8.35. The molecule has 2 atom stereocenters. The molecule has 1 aliphatic rings. The first-order valence-corrected chi connectivity index (χ1v) is 8.35. The second kappa shape index (κ2) is 6.93. The van der Waals surface area contributed by atoms with E-state index < -0.39 is 0 Å². The van der Waals surface area contributed by atoms with Gasteiger partial charge in [-0.15, -0.1) is 0 Å². The van der Waals surface area contributed by atoms with Crippen LogP contribution < -0.4 is 5.32 Å². The number of nitriles is 1. The topological polar surface area (TPSA) is 86.8 Å². The molecule has 0 aliphatic carbocycles. The van der Waals surface area contributed by atoms with Crippen LogP contribution in [-0.2, 0) is 11.8 Å². The molecule has 3 heterocycles. The number of nitrogens with zero attached hydrogens (tertiary/aromatic N) is 5. The number of piperidine rings is 1. The van der Waals surface area contributed by atoms with E-state index in [4.69, 9.17) is 5.26 Å². The van der Waals surface area contributed by atoms with Gasteiger partial charge in [0.25, 0.3) is 0 Å². The van der Waals surface area contributed by atoms with Crippen molar-refractivity contribution in [2.24, 2.45) is 13.0 Å². The third-order valence-corrected chi connectivity index (χ3v) is 4.80. The Morgan fingerprint density at radius 1 is 1.40 bits per heavy atom. The Kier molecular flexibility index (Phi) is 4.70. The molecule has 0 spiro atoms. The number of pyridine rings is 1. The Balaban J connectivity index is 1.76. The normalized spacial score (nSPS) is 20.4. The van der Waals surface area contributed by atoms with Gasteiger partial charge >= 0.3 is 0 Å². The zero-order valence-corrected chi connectivity index (χ0v) is 14.7. The lowest BCUT2D eigenvalue weighted by atomic mass is 9.85. The molecule has 0 bridgehead atoms. The molecule has 25 heavy (non-hydrogen) atoms. The molecule has 1 saturated heterocycles. The molecule has 1 amide bonds. The zero-order valence-electron chi connectivity index (χ0n) is 14.7. The molecule has 3 rings (SSSR count). The van der Waals surface area contributed by atoms with Crippen LogP contribution in [0.5, 0.6) is 0 Å². The summed E-state index contributed by atoms with van der Waals surface area (Å²) in [6.45, 7) is 2.53. The number of rotatable bonds is 4. The number of hydrogen-bond acceptors (Lipinski definition) is 5. The summed E-state index contributed by atoms with van der Waals surface area (Å²) in [6.07, 6.45) is 5.18. The van der Waals surface area contributed by atoms with Gasteiger partial charge in [0, 0.05) is 44.7 Å². The number of carbonyl (C=O) groups excluding carboxylic acids is 1. The number of carbonyl (C=O) groups is 1. The summed E-state index contributed by atoms with van der Waals surface area (Å²) in [4.78, 5) is 18.4. The van der Waals surface area contributed by atoms with Crippen molar-refractivity contribution in [2.75, 3.05) is 18.9 Å². The van der Waals surface area contributed by atoms with Crippen molar-refractivity contribution >= 4 is 11.7 Å².